The maximum atomic E-state index is 13.2. The van der Waals surface area contributed by atoms with Crippen LogP contribution in [0.4, 0.5) is 9.52 Å². The van der Waals surface area contributed by atoms with Crippen LogP contribution in [0.3, 0.4) is 0 Å². The van der Waals surface area contributed by atoms with Crippen LogP contribution in [0.1, 0.15) is 36.8 Å². The normalized spacial score (nSPS) is 15.1. The van der Waals surface area contributed by atoms with E-state index in [2.05, 4.69) is 9.71 Å². The van der Waals surface area contributed by atoms with Crippen molar-refractivity contribution in [1.29, 1.82) is 5.41 Å². The molecule has 0 bridgehead atoms. The molecule has 35 heavy (non-hydrogen) atoms. The lowest BCUT2D eigenvalue weighted by molar-refractivity contribution is -0.127. The molecule has 182 valence electrons. The second-order valence-electron chi connectivity index (χ2n) is 8.16. The van der Waals surface area contributed by atoms with Crippen molar-refractivity contribution in [2.75, 3.05) is 17.8 Å². The smallest absolute Gasteiger partial charge is 0.263 e. The number of allylic oxidation sites excluding steroid dienone is 1. The van der Waals surface area contributed by atoms with Crippen LogP contribution in [0.15, 0.2) is 76.7 Å². The average Bonchev–Trinajstić information content (AvgIpc) is 3.37. The lowest BCUT2D eigenvalue weighted by atomic mass is 9.89. The minimum absolute atomic E-state index is 0.0720. The topological polar surface area (TPSA) is 103 Å². The number of hydrogen-bond acceptors (Lipinski definition) is 6. The average molecular weight is 513 g/mol. The van der Waals surface area contributed by atoms with E-state index in [0.29, 0.717) is 23.8 Å². The third kappa shape index (κ3) is 5.66. The van der Waals surface area contributed by atoms with E-state index in [4.69, 9.17) is 5.41 Å². The summed E-state index contributed by atoms with van der Waals surface area (Å²) in [5.74, 6) is -0.401. The van der Waals surface area contributed by atoms with Crippen molar-refractivity contribution >= 4 is 38.1 Å². The zero-order valence-electron chi connectivity index (χ0n) is 19.1. The number of halogens is 1. The quantitative estimate of drug-likeness (QED) is 0.350. The summed E-state index contributed by atoms with van der Waals surface area (Å²) in [5, 5.41) is 10.4. The van der Waals surface area contributed by atoms with Crippen molar-refractivity contribution in [3.63, 3.8) is 0 Å². The van der Waals surface area contributed by atoms with Gasteiger partial charge in [0.05, 0.1) is 16.2 Å². The van der Waals surface area contributed by atoms with Gasteiger partial charge >= 0.3 is 0 Å². The predicted octanol–water partition coefficient (Wildman–Crippen LogP) is 4.80. The first-order valence-corrected chi connectivity index (χ1v) is 13.5. The molecule has 0 spiro atoms. The molecule has 10 heteroatoms. The Bertz CT molecular complexity index is 1330. The van der Waals surface area contributed by atoms with Gasteiger partial charge in [-0.1, -0.05) is 18.2 Å². The Morgan fingerprint density at radius 1 is 1.14 bits per heavy atom. The lowest BCUT2D eigenvalue weighted by Gasteiger charge is -2.33. The van der Waals surface area contributed by atoms with Crippen LogP contribution in [0.5, 0.6) is 0 Å². The second-order valence-corrected chi connectivity index (χ2v) is 10.7. The molecule has 4 rings (SSSR count). The highest BCUT2D eigenvalue weighted by Crippen LogP contribution is 2.30. The van der Waals surface area contributed by atoms with Crippen LogP contribution in [0.25, 0.3) is 0 Å². The molecule has 0 saturated carbocycles. The van der Waals surface area contributed by atoms with Crippen molar-refractivity contribution < 1.29 is 17.6 Å². The van der Waals surface area contributed by atoms with E-state index >= 15 is 0 Å². The minimum Gasteiger partial charge on any atom is -0.339 e. The van der Waals surface area contributed by atoms with Crippen molar-refractivity contribution in [2.45, 2.75) is 30.6 Å². The molecule has 1 saturated heterocycles. The fourth-order valence-electron chi connectivity index (χ4n) is 4.10. The number of nitrogens with one attached hydrogen (secondary N) is 2. The Labute approximate surface area is 207 Å². The monoisotopic (exact) mass is 512 g/mol. The van der Waals surface area contributed by atoms with Crippen LogP contribution >= 0.6 is 11.3 Å². The molecule has 2 heterocycles. The second kappa shape index (κ2) is 10.5. The van der Waals surface area contributed by atoms with Gasteiger partial charge in [-0.15, -0.1) is 11.3 Å². The van der Waals surface area contributed by atoms with E-state index < -0.39 is 15.8 Å². The Kier molecular flexibility index (Phi) is 7.42. The highest BCUT2D eigenvalue weighted by atomic mass is 32.2. The third-order valence-electron chi connectivity index (χ3n) is 6.02. The molecular weight excluding hydrogens is 487 g/mol. The van der Waals surface area contributed by atoms with Gasteiger partial charge in [0.2, 0.25) is 0 Å². The molecule has 0 unspecified atom stereocenters. The Morgan fingerprint density at radius 2 is 1.80 bits per heavy atom. The summed E-state index contributed by atoms with van der Waals surface area (Å²) in [7, 11) is -3.70. The largest absolute Gasteiger partial charge is 0.339 e. The zero-order chi connectivity index (χ0) is 25.0. The molecule has 1 aliphatic rings. The summed E-state index contributed by atoms with van der Waals surface area (Å²) in [6.07, 6.45) is 4.62. The van der Waals surface area contributed by atoms with Gasteiger partial charge in [-0.2, -0.15) is 0 Å². The highest BCUT2D eigenvalue weighted by Gasteiger charge is 2.27. The number of nitrogens with zero attached hydrogens (tertiary/aromatic N) is 2. The van der Waals surface area contributed by atoms with Crippen LogP contribution in [0.2, 0.25) is 0 Å². The molecule has 1 amide bonds. The number of hydrogen-bond donors (Lipinski definition) is 2. The van der Waals surface area contributed by atoms with Gasteiger partial charge in [0.1, 0.15) is 5.82 Å². The lowest BCUT2D eigenvalue weighted by Crippen LogP contribution is -2.40. The van der Waals surface area contributed by atoms with Crippen LogP contribution in [-0.4, -0.2) is 43.0 Å². The first-order valence-electron chi connectivity index (χ1n) is 11.1. The van der Waals surface area contributed by atoms with Crippen molar-refractivity contribution in [2.24, 2.45) is 0 Å². The Morgan fingerprint density at radius 3 is 2.37 bits per heavy atom. The van der Waals surface area contributed by atoms with E-state index in [1.54, 1.807) is 35.4 Å². The number of sulfonamides is 1. The van der Waals surface area contributed by atoms with Gasteiger partial charge < -0.3 is 4.90 Å². The van der Waals surface area contributed by atoms with E-state index in [0.717, 1.165) is 18.4 Å². The van der Waals surface area contributed by atoms with Crippen LogP contribution in [0, 0.1) is 11.2 Å². The third-order valence-corrected chi connectivity index (χ3v) is 8.19. The SMILES string of the molecule is C/C=C(/C(=N)c1ccc(F)cc1)C(=O)N1CCC(c2ccc(S(=O)(=O)Nc3nccs3)cc2)CC1. The number of piperidine rings is 1. The predicted molar refractivity (Wildman–Crippen MR) is 135 cm³/mol. The molecule has 3 aromatic rings. The summed E-state index contributed by atoms with van der Waals surface area (Å²) in [6, 6.07) is 12.4. The fourth-order valence-corrected chi connectivity index (χ4v) is 5.89. The molecule has 1 aliphatic heterocycles. The Hall–Kier alpha value is -3.37. The minimum atomic E-state index is -3.70. The van der Waals surface area contributed by atoms with Gasteiger partial charge in [0, 0.05) is 30.2 Å². The van der Waals surface area contributed by atoms with Gasteiger partial charge in [-0.25, -0.2) is 17.8 Å². The van der Waals surface area contributed by atoms with E-state index in [9.17, 15) is 17.6 Å². The van der Waals surface area contributed by atoms with Crippen molar-refractivity contribution in [3.05, 3.63) is 88.7 Å². The molecule has 2 aromatic carbocycles. The van der Waals surface area contributed by atoms with Gasteiger partial charge in [-0.05, 0) is 67.6 Å². The molecule has 2 N–H and O–H groups in total. The molecule has 0 atom stereocenters. The number of carbonyl (C=O) groups is 1. The highest BCUT2D eigenvalue weighted by molar-refractivity contribution is 7.93. The summed E-state index contributed by atoms with van der Waals surface area (Å²) < 4.78 is 40.8. The van der Waals surface area contributed by atoms with E-state index in [1.165, 1.54) is 41.8 Å². The van der Waals surface area contributed by atoms with E-state index in [-0.39, 0.29) is 28.0 Å². The Balaban J connectivity index is 1.37. The summed E-state index contributed by atoms with van der Waals surface area (Å²) in [5.41, 5.74) is 1.87. The molecular formula is C25H25FN4O3S2. The summed E-state index contributed by atoms with van der Waals surface area (Å²) in [4.78, 5) is 19.0. The standard InChI is InChI=1S/C25H25FN4O3S2/c1-2-22(23(27)19-3-7-20(26)8-4-19)24(31)30-14-11-18(12-15-30)17-5-9-21(10-6-17)35(32,33)29-25-28-13-16-34-25/h2-10,13,16,18,27H,11-12,14-15H2,1H3,(H,28,29)/b22-2-,27-23?. The van der Waals surface area contributed by atoms with E-state index in [1.807, 2.05) is 12.1 Å². The molecule has 0 aliphatic carbocycles. The maximum absolute atomic E-state index is 13.2. The van der Waals surface area contributed by atoms with Gasteiger partial charge in [0.15, 0.2) is 5.13 Å². The van der Waals surface area contributed by atoms with Crippen molar-refractivity contribution in [3.8, 4) is 0 Å². The number of anilines is 1. The van der Waals surface area contributed by atoms with Gasteiger partial charge in [0.25, 0.3) is 15.9 Å². The fraction of sp³-hybridized carbons (Fsp3) is 0.240. The number of likely N-dealkylation sites (tertiary alicyclic amines) is 1. The van der Waals surface area contributed by atoms with Crippen LogP contribution in [-0.2, 0) is 14.8 Å². The number of benzene rings is 2. The first kappa shape index (κ1) is 24.7. The summed E-state index contributed by atoms with van der Waals surface area (Å²) >= 11 is 1.21. The maximum Gasteiger partial charge on any atom is 0.263 e. The zero-order valence-corrected chi connectivity index (χ0v) is 20.7. The van der Waals surface area contributed by atoms with Crippen molar-refractivity contribution in [1.82, 2.24) is 9.88 Å². The molecule has 7 nitrogen and oxygen atoms in total. The molecule has 0 radical (unpaired) electrons. The molecule has 1 aromatic heterocycles. The number of carbonyl (C=O) groups excluding carboxylic acids is 1. The van der Waals surface area contributed by atoms with Crippen LogP contribution < -0.4 is 4.72 Å². The van der Waals surface area contributed by atoms with Gasteiger partial charge in [-0.3, -0.25) is 14.9 Å². The summed E-state index contributed by atoms with van der Waals surface area (Å²) in [6.45, 7) is 2.78. The number of amides is 1. The number of thiazole rings is 1. The number of rotatable bonds is 7. The molecule has 1 fully saturated rings. The number of aromatic nitrogens is 1. The first-order chi connectivity index (χ1) is 16.8.